The highest BCUT2D eigenvalue weighted by Gasteiger charge is 2.33. The first kappa shape index (κ1) is 24.6. The summed E-state index contributed by atoms with van der Waals surface area (Å²) in [6.45, 7) is 8.16. The first-order chi connectivity index (χ1) is 17.2. The van der Waals surface area contributed by atoms with Crippen molar-refractivity contribution in [2.24, 2.45) is 0 Å². The number of thiophene rings is 1. The van der Waals surface area contributed by atoms with E-state index in [2.05, 4.69) is 79.5 Å². The summed E-state index contributed by atoms with van der Waals surface area (Å²) in [4.78, 5) is 26.9. The van der Waals surface area contributed by atoms with E-state index in [0.29, 0.717) is 24.6 Å². The van der Waals surface area contributed by atoms with Crippen molar-refractivity contribution in [2.45, 2.75) is 45.3 Å². The van der Waals surface area contributed by atoms with Crippen LogP contribution >= 0.6 is 11.3 Å². The Labute approximate surface area is 215 Å². The fourth-order valence-corrected chi connectivity index (χ4v) is 5.91. The molecule has 2 atom stereocenters. The quantitative estimate of drug-likeness (QED) is 0.374. The molecule has 0 amide bonds. The van der Waals surface area contributed by atoms with E-state index in [1.165, 1.54) is 20.9 Å². The summed E-state index contributed by atoms with van der Waals surface area (Å²) in [5.41, 5.74) is 2.82. The van der Waals surface area contributed by atoms with Gasteiger partial charge in [0.05, 0.1) is 29.1 Å². The van der Waals surface area contributed by atoms with Gasteiger partial charge < -0.3 is 19.5 Å². The number of rotatable bonds is 7. The van der Waals surface area contributed by atoms with Crippen LogP contribution in [-0.2, 0) is 16.8 Å². The minimum Gasteiger partial charge on any atom is -0.379 e. The lowest BCUT2D eigenvalue weighted by atomic mass is 10.0. The third-order valence-corrected chi connectivity index (χ3v) is 8.10. The highest BCUT2D eigenvalue weighted by molar-refractivity contribution is 7.15. The molecule has 36 heavy (non-hydrogen) atoms. The van der Waals surface area contributed by atoms with E-state index in [0.717, 1.165) is 24.2 Å². The van der Waals surface area contributed by atoms with Crippen molar-refractivity contribution in [3.8, 4) is 10.4 Å². The molecule has 1 N–H and O–H groups in total. The number of aryl methyl sites for hydroxylation is 1. The van der Waals surface area contributed by atoms with Crippen LogP contribution in [0.3, 0.4) is 0 Å². The molecule has 3 aromatic heterocycles. The molecule has 0 spiro atoms. The first-order valence-electron chi connectivity index (χ1n) is 12.3. The Morgan fingerprint density at radius 2 is 2.03 bits per heavy atom. The number of nitrogens with one attached hydrogen (secondary N) is 1. The SMILES string of the molecule is Cc1nc(NC(C)c2ccc(-c3ccccc3CN(C)C)s2)c2cn(C3(C)CCOC3)c(=O)cc2n1. The van der Waals surface area contributed by atoms with Crippen molar-refractivity contribution in [3.05, 3.63) is 75.3 Å². The first-order valence-corrected chi connectivity index (χ1v) is 13.1. The minimum atomic E-state index is -0.359. The molecular weight excluding hydrogens is 470 g/mol. The van der Waals surface area contributed by atoms with Gasteiger partial charge in [0.25, 0.3) is 5.56 Å². The summed E-state index contributed by atoms with van der Waals surface area (Å²) in [7, 11) is 4.19. The second kappa shape index (κ2) is 9.76. The highest BCUT2D eigenvalue weighted by Crippen LogP contribution is 2.35. The average molecular weight is 504 g/mol. The van der Waals surface area contributed by atoms with Gasteiger partial charge in [0, 0.05) is 35.2 Å². The zero-order chi connectivity index (χ0) is 25.4. The molecule has 0 bridgehead atoms. The Morgan fingerprint density at radius 1 is 1.22 bits per heavy atom. The second-order valence-electron chi connectivity index (χ2n) is 10.2. The predicted octanol–water partition coefficient (Wildman–Crippen LogP) is 5.20. The van der Waals surface area contributed by atoms with Gasteiger partial charge in [0.2, 0.25) is 0 Å². The third kappa shape index (κ3) is 4.81. The molecular formula is C28H33N5O2S. The molecule has 188 valence electrons. The van der Waals surface area contributed by atoms with E-state index < -0.39 is 0 Å². The van der Waals surface area contributed by atoms with Crippen LogP contribution < -0.4 is 10.9 Å². The predicted molar refractivity (Wildman–Crippen MR) is 147 cm³/mol. The smallest absolute Gasteiger partial charge is 0.253 e. The largest absolute Gasteiger partial charge is 0.379 e. The van der Waals surface area contributed by atoms with E-state index in [4.69, 9.17) is 9.72 Å². The van der Waals surface area contributed by atoms with Gasteiger partial charge in [-0.3, -0.25) is 4.79 Å². The van der Waals surface area contributed by atoms with Crippen LogP contribution in [0.2, 0.25) is 0 Å². The van der Waals surface area contributed by atoms with Crippen LogP contribution in [-0.4, -0.2) is 46.7 Å². The van der Waals surface area contributed by atoms with Gasteiger partial charge in [-0.2, -0.15) is 0 Å². The Morgan fingerprint density at radius 3 is 2.78 bits per heavy atom. The van der Waals surface area contributed by atoms with Crippen molar-refractivity contribution in [1.29, 1.82) is 0 Å². The molecule has 2 unspecified atom stereocenters. The lowest BCUT2D eigenvalue weighted by molar-refractivity contribution is 0.160. The van der Waals surface area contributed by atoms with Crippen molar-refractivity contribution in [2.75, 3.05) is 32.6 Å². The molecule has 1 fully saturated rings. The van der Waals surface area contributed by atoms with Crippen LogP contribution in [0.5, 0.6) is 0 Å². The number of hydrogen-bond donors (Lipinski definition) is 1. The van der Waals surface area contributed by atoms with Gasteiger partial charge in [0.1, 0.15) is 11.6 Å². The second-order valence-corrected chi connectivity index (χ2v) is 11.3. The minimum absolute atomic E-state index is 0.0352. The monoisotopic (exact) mass is 503 g/mol. The van der Waals surface area contributed by atoms with Crippen LogP contribution in [0.25, 0.3) is 21.3 Å². The topological polar surface area (TPSA) is 72.3 Å². The molecule has 0 saturated carbocycles. The normalized spacial score (nSPS) is 18.7. The molecule has 4 heterocycles. The summed E-state index contributed by atoms with van der Waals surface area (Å²) in [5.74, 6) is 1.37. The Kier molecular flexibility index (Phi) is 6.68. The van der Waals surface area contributed by atoms with E-state index in [-0.39, 0.29) is 17.1 Å². The fraction of sp³-hybridized carbons (Fsp3) is 0.393. The molecule has 0 radical (unpaired) electrons. The Balaban J connectivity index is 1.48. The third-order valence-electron chi connectivity index (χ3n) is 6.80. The summed E-state index contributed by atoms with van der Waals surface area (Å²) in [6.07, 6.45) is 2.70. The Bertz CT molecular complexity index is 1450. The summed E-state index contributed by atoms with van der Waals surface area (Å²) in [5, 5.41) is 4.45. The van der Waals surface area contributed by atoms with E-state index >= 15 is 0 Å². The molecule has 1 saturated heterocycles. The highest BCUT2D eigenvalue weighted by atomic mass is 32.1. The lowest BCUT2D eigenvalue weighted by Crippen LogP contribution is -2.38. The van der Waals surface area contributed by atoms with Crippen molar-refractivity contribution >= 4 is 28.1 Å². The average Bonchev–Trinajstić information content (AvgIpc) is 3.49. The van der Waals surface area contributed by atoms with Gasteiger partial charge in [-0.05, 0) is 64.5 Å². The number of ether oxygens (including phenoxy) is 1. The van der Waals surface area contributed by atoms with E-state index in [1.807, 2.05) is 13.1 Å². The molecule has 1 aliphatic rings. The number of benzene rings is 1. The zero-order valence-electron chi connectivity index (χ0n) is 21.5. The van der Waals surface area contributed by atoms with Gasteiger partial charge in [-0.1, -0.05) is 24.3 Å². The Hall–Kier alpha value is -3.07. The molecule has 5 rings (SSSR count). The van der Waals surface area contributed by atoms with Crippen LogP contribution in [0.4, 0.5) is 5.82 Å². The molecule has 8 heteroatoms. The van der Waals surface area contributed by atoms with Crippen molar-refractivity contribution < 1.29 is 4.74 Å². The van der Waals surface area contributed by atoms with Crippen LogP contribution in [0, 0.1) is 6.92 Å². The molecule has 4 aromatic rings. The number of nitrogens with zero attached hydrogens (tertiary/aromatic N) is 4. The van der Waals surface area contributed by atoms with Gasteiger partial charge >= 0.3 is 0 Å². The van der Waals surface area contributed by atoms with Gasteiger partial charge in [-0.25, -0.2) is 9.97 Å². The summed E-state index contributed by atoms with van der Waals surface area (Å²) >= 11 is 1.79. The number of aromatic nitrogens is 3. The van der Waals surface area contributed by atoms with Gasteiger partial charge in [-0.15, -0.1) is 11.3 Å². The lowest BCUT2D eigenvalue weighted by Gasteiger charge is -2.26. The fourth-order valence-electron chi connectivity index (χ4n) is 4.84. The summed E-state index contributed by atoms with van der Waals surface area (Å²) < 4.78 is 7.41. The standard InChI is InChI=1S/C28H33N5O2S/c1-18(24-10-11-25(36-24)21-9-7-6-8-20(21)15-32(4)5)29-27-22-16-33(28(3)12-13-35-17-28)26(34)14-23(22)30-19(2)31-27/h6-11,14,16,18H,12-13,15,17H2,1-5H3,(H,29,30,31). The van der Waals surface area contributed by atoms with Gasteiger partial charge in [0.15, 0.2) is 0 Å². The number of pyridine rings is 1. The van der Waals surface area contributed by atoms with Crippen molar-refractivity contribution in [3.63, 3.8) is 0 Å². The van der Waals surface area contributed by atoms with Crippen molar-refractivity contribution in [1.82, 2.24) is 19.4 Å². The van der Waals surface area contributed by atoms with E-state index in [1.54, 1.807) is 22.0 Å². The number of anilines is 1. The molecule has 7 nitrogen and oxygen atoms in total. The molecule has 1 aliphatic heterocycles. The molecule has 1 aromatic carbocycles. The number of hydrogen-bond acceptors (Lipinski definition) is 7. The van der Waals surface area contributed by atoms with Crippen LogP contribution in [0.15, 0.2) is 53.5 Å². The molecule has 0 aliphatic carbocycles. The maximum atomic E-state index is 12.9. The number of fused-ring (bicyclic) bond motifs is 1. The maximum Gasteiger partial charge on any atom is 0.253 e. The zero-order valence-corrected chi connectivity index (χ0v) is 22.4. The van der Waals surface area contributed by atoms with Crippen LogP contribution in [0.1, 0.15) is 42.6 Å². The summed E-state index contributed by atoms with van der Waals surface area (Å²) in [6, 6.07) is 14.6. The maximum absolute atomic E-state index is 12.9. The van der Waals surface area contributed by atoms with E-state index in [9.17, 15) is 4.79 Å².